The fourth-order valence-corrected chi connectivity index (χ4v) is 0.922. The predicted octanol–water partition coefficient (Wildman–Crippen LogP) is 1.36. The van der Waals surface area contributed by atoms with E-state index >= 15 is 0 Å². The third-order valence-corrected chi connectivity index (χ3v) is 1.65. The lowest BCUT2D eigenvalue weighted by Gasteiger charge is -2.04. The van der Waals surface area contributed by atoms with Crippen molar-refractivity contribution in [1.82, 2.24) is 0 Å². The largest absolute Gasteiger partial charge is 0.379 e. The zero-order chi connectivity index (χ0) is 11.9. The fourth-order valence-electron chi connectivity index (χ4n) is 0.922. The molecule has 0 saturated heterocycles. The molecule has 0 heterocycles. The van der Waals surface area contributed by atoms with E-state index in [1.165, 1.54) is 0 Å². The summed E-state index contributed by atoms with van der Waals surface area (Å²) in [4.78, 5) is 8.75. The van der Waals surface area contributed by atoms with Crippen LogP contribution < -0.4 is 0 Å². The Balaban J connectivity index is 2.89. The van der Waals surface area contributed by atoms with Gasteiger partial charge in [0.05, 0.1) is 19.8 Å². The minimum Gasteiger partial charge on any atom is -0.379 e. The van der Waals surface area contributed by atoms with Crippen LogP contribution in [0.2, 0.25) is 0 Å². The summed E-state index contributed by atoms with van der Waals surface area (Å²) >= 11 is 0. The van der Waals surface area contributed by atoms with Crippen molar-refractivity contribution in [2.24, 2.45) is 0 Å². The molecule has 0 atom stereocenters. The number of terminal acetylenes is 2. The highest BCUT2D eigenvalue weighted by molar-refractivity contribution is 4.82. The van der Waals surface area contributed by atoms with Gasteiger partial charge in [-0.1, -0.05) is 6.42 Å². The first-order valence-electron chi connectivity index (χ1n) is 5.25. The van der Waals surface area contributed by atoms with Crippen LogP contribution in [0.3, 0.4) is 0 Å². The summed E-state index contributed by atoms with van der Waals surface area (Å²) < 4.78 is 10.5. The minimum absolute atomic E-state index is 0.312. The third kappa shape index (κ3) is 12.8. The maximum Gasteiger partial charge on any atom is 0.153 e. The van der Waals surface area contributed by atoms with Gasteiger partial charge >= 0.3 is 0 Å². The Morgan fingerprint density at radius 1 is 0.812 bits per heavy atom. The van der Waals surface area contributed by atoms with E-state index in [1.54, 1.807) is 0 Å². The second-order valence-corrected chi connectivity index (χ2v) is 2.91. The maximum absolute atomic E-state index is 5.31. The van der Waals surface area contributed by atoms with E-state index in [4.69, 9.17) is 22.3 Å². The highest BCUT2D eigenvalue weighted by Crippen LogP contribution is 1.93. The second kappa shape index (κ2) is 13.8. The van der Waals surface area contributed by atoms with Crippen LogP contribution in [0, 0.1) is 24.9 Å². The first-order chi connectivity index (χ1) is 7.91. The molecular formula is C12H18O4. The first-order valence-corrected chi connectivity index (χ1v) is 5.25. The number of unbranched alkanes of at least 4 members (excludes halogenated alkanes) is 2. The highest BCUT2D eigenvalue weighted by Gasteiger charge is 1.91. The Morgan fingerprint density at radius 3 is 2.19 bits per heavy atom. The number of hydrogen-bond donors (Lipinski definition) is 0. The molecule has 0 aromatic rings. The van der Waals surface area contributed by atoms with E-state index in [0.717, 1.165) is 25.9 Å². The lowest BCUT2D eigenvalue weighted by Crippen LogP contribution is -2.09. The molecule has 0 fully saturated rings. The smallest absolute Gasteiger partial charge is 0.153 e. The van der Waals surface area contributed by atoms with Crippen molar-refractivity contribution >= 4 is 0 Å². The molecule has 90 valence electrons. The number of hydrogen-bond acceptors (Lipinski definition) is 4. The average molecular weight is 226 g/mol. The average Bonchev–Trinajstić information content (AvgIpc) is 2.31. The summed E-state index contributed by atoms with van der Waals surface area (Å²) in [6.45, 7) is 2.58. The van der Waals surface area contributed by atoms with Crippen molar-refractivity contribution in [2.75, 3.05) is 33.0 Å². The molecule has 0 amide bonds. The molecule has 0 bridgehead atoms. The van der Waals surface area contributed by atoms with Crippen LogP contribution in [0.15, 0.2) is 0 Å². The number of rotatable bonds is 11. The van der Waals surface area contributed by atoms with Crippen LogP contribution in [0.1, 0.15) is 19.3 Å². The topological polar surface area (TPSA) is 36.9 Å². The molecule has 0 aliphatic carbocycles. The van der Waals surface area contributed by atoms with E-state index in [9.17, 15) is 0 Å². The Hall–Kier alpha value is -1.20. The molecule has 0 aliphatic rings. The Kier molecular flexibility index (Phi) is 12.8. The molecule has 0 aromatic heterocycles. The summed E-state index contributed by atoms with van der Waals surface area (Å²) in [5, 5.41) is 0. The number of ether oxygens (including phenoxy) is 2. The van der Waals surface area contributed by atoms with E-state index in [2.05, 4.69) is 15.7 Å². The zero-order valence-electron chi connectivity index (χ0n) is 9.44. The van der Waals surface area contributed by atoms with Gasteiger partial charge in [-0.15, -0.1) is 12.3 Å². The van der Waals surface area contributed by atoms with Gasteiger partial charge in [0.2, 0.25) is 0 Å². The Morgan fingerprint density at radius 2 is 1.50 bits per heavy atom. The van der Waals surface area contributed by atoms with E-state index < -0.39 is 0 Å². The molecule has 16 heavy (non-hydrogen) atoms. The molecule has 0 radical (unpaired) electrons. The maximum atomic E-state index is 5.31. The summed E-state index contributed by atoms with van der Waals surface area (Å²) in [6, 6.07) is 0. The van der Waals surface area contributed by atoms with Crippen molar-refractivity contribution < 1.29 is 19.2 Å². The molecule has 4 heteroatoms. The van der Waals surface area contributed by atoms with Gasteiger partial charge in [0.25, 0.3) is 0 Å². The van der Waals surface area contributed by atoms with Crippen LogP contribution in [0.4, 0.5) is 0 Å². The molecule has 0 N–H and O–H groups in total. The molecule has 0 aromatic carbocycles. The van der Waals surface area contributed by atoms with Gasteiger partial charge in [-0.2, -0.15) is 4.89 Å². The highest BCUT2D eigenvalue weighted by atomic mass is 17.2. The van der Waals surface area contributed by atoms with Crippen molar-refractivity contribution in [2.45, 2.75) is 19.3 Å². The summed E-state index contributed by atoms with van der Waals surface area (Å²) in [5.74, 6) is 2.58. The Bertz CT molecular complexity index is 190. The van der Waals surface area contributed by atoms with Crippen molar-refractivity contribution in [3.8, 4) is 24.9 Å². The van der Waals surface area contributed by atoms with Crippen LogP contribution >= 0.6 is 0 Å². The quantitative estimate of drug-likeness (QED) is 0.231. The Labute approximate surface area is 97.1 Å². The minimum atomic E-state index is 0.312. The van der Waals surface area contributed by atoms with Gasteiger partial charge in [0.15, 0.2) is 6.11 Å². The van der Waals surface area contributed by atoms with Gasteiger partial charge in [-0.3, -0.25) is 4.89 Å². The molecule has 4 nitrogen and oxygen atoms in total. The lowest BCUT2D eigenvalue weighted by molar-refractivity contribution is -0.243. The van der Waals surface area contributed by atoms with E-state index in [-0.39, 0.29) is 0 Å². The molecule has 0 rings (SSSR count). The van der Waals surface area contributed by atoms with Gasteiger partial charge in [-0.25, -0.2) is 0 Å². The summed E-state index contributed by atoms with van der Waals surface area (Å²) in [7, 11) is 0. The molecule has 0 unspecified atom stereocenters. The lowest BCUT2D eigenvalue weighted by atomic mass is 10.2. The summed E-state index contributed by atoms with van der Waals surface area (Å²) in [6.07, 6.45) is 14.6. The van der Waals surface area contributed by atoms with Crippen LogP contribution in [-0.2, 0) is 19.2 Å². The fraction of sp³-hybridized carbons (Fsp3) is 0.667. The molecule has 0 aliphatic heterocycles. The van der Waals surface area contributed by atoms with E-state index in [1.807, 2.05) is 6.11 Å². The van der Waals surface area contributed by atoms with Gasteiger partial charge in [-0.05, 0) is 12.8 Å². The van der Waals surface area contributed by atoms with Gasteiger partial charge < -0.3 is 9.47 Å². The van der Waals surface area contributed by atoms with Crippen molar-refractivity contribution in [3.05, 3.63) is 0 Å². The molecule has 0 saturated carbocycles. The van der Waals surface area contributed by atoms with Crippen LogP contribution in [-0.4, -0.2) is 33.0 Å². The predicted molar refractivity (Wildman–Crippen MR) is 60.2 cm³/mol. The SMILES string of the molecule is C#CCCCCOCCOCCOOC#C. The first kappa shape index (κ1) is 14.8. The molecular weight excluding hydrogens is 208 g/mol. The standard InChI is InChI=1S/C12H18O4/c1-3-5-6-7-8-13-9-10-14-11-12-16-15-4-2/h1-2H,5-12H2. The normalized spacial score (nSPS) is 9.38. The summed E-state index contributed by atoms with van der Waals surface area (Å²) in [5.41, 5.74) is 0. The van der Waals surface area contributed by atoms with Gasteiger partial charge in [0.1, 0.15) is 6.61 Å². The third-order valence-electron chi connectivity index (χ3n) is 1.65. The van der Waals surface area contributed by atoms with Gasteiger partial charge in [0, 0.05) is 13.0 Å². The monoisotopic (exact) mass is 226 g/mol. The van der Waals surface area contributed by atoms with Crippen molar-refractivity contribution in [1.29, 1.82) is 0 Å². The molecule has 0 spiro atoms. The van der Waals surface area contributed by atoms with Crippen LogP contribution in [0.25, 0.3) is 0 Å². The van der Waals surface area contributed by atoms with Crippen LogP contribution in [0.5, 0.6) is 0 Å². The van der Waals surface area contributed by atoms with E-state index in [0.29, 0.717) is 26.4 Å². The second-order valence-electron chi connectivity index (χ2n) is 2.91. The van der Waals surface area contributed by atoms with Crippen molar-refractivity contribution in [3.63, 3.8) is 0 Å². The zero-order valence-corrected chi connectivity index (χ0v) is 9.44.